The smallest absolute Gasteiger partial charge is 0.433 e. The Hall–Kier alpha value is -3.80. The van der Waals surface area contributed by atoms with E-state index in [1.807, 2.05) is 13.0 Å². The number of carbonyl (C=O) groups is 1. The molecule has 1 aromatic carbocycles. The number of hydrogen-bond acceptors (Lipinski definition) is 7. The number of aromatic nitrogens is 5. The van der Waals surface area contributed by atoms with Crippen molar-refractivity contribution >= 4 is 28.9 Å². The molecule has 12 heteroatoms. The third-order valence-corrected chi connectivity index (χ3v) is 6.00. The molecule has 0 aliphatic rings. The number of anilines is 2. The maximum Gasteiger partial charge on any atom is 0.433 e. The topological polar surface area (TPSA) is 106 Å². The minimum Gasteiger partial charge on any atom is -0.480 e. The molecule has 1 atom stereocenters. The lowest BCUT2D eigenvalue weighted by molar-refractivity contribution is -0.142. The monoisotopic (exact) mass is 488 g/mol. The van der Waals surface area contributed by atoms with Crippen molar-refractivity contribution in [3.05, 3.63) is 60.3 Å². The maximum atomic E-state index is 12.9. The first-order chi connectivity index (χ1) is 16.1. The zero-order valence-electron chi connectivity index (χ0n) is 18.0. The number of nitrogens with zero attached hydrogens (tertiary/aromatic N) is 5. The Morgan fingerprint density at radius 3 is 2.71 bits per heavy atom. The second-order valence-electron chi connectivity index (χ2n) is 7.48. The Labute approximate surface area is 196 Å². The zero-order valence-corrected chi connectivity index (χ0v) is 18.9. The number of benzene rings is 1. The summed E-state index contributed by atoms with van der Waals surface area (Å²) in [5, 5.41) is 17.0. The number of thiazole rings is 1. The summed E-state index contributed by atoms with van der Waals surface area (Å²) in [5.41, 5.74) is 1.88. The van der Waals surface area contributed by atoms with Crippen LogP contribution in [0.25, 0.3) is 21.0 Å². The lowest BCUT2D eigenvalue weighted by atomic mass is 10.1. The van der Waals surface area contributed by atoms with Crippen molar-refractivity contribution in [2.45, 2.75) is 32.5 Å². The number of aliphatic carboxylic acids is 1. The number of nitrogens with one attached hydrogen (secondary N) is 1. The molecule has 34 heavy (non-hydrogen) atoms. The van der Waals surface area contributed by atoms with Gasteiger partial charge in [0.25, 0.3) is 0 Å². The molecule has 0 saturated heterocycles. The summed E-state index contributed by atoms with van der Waals surface area (Å²) in [6, 6.07) is 5.53. The summed E-state index contributed by atoms with van der Waals surface area (Å²) in [4.78, 5) is 24.1. The number of carboxylic acid groups (broad SMARTS) is 1. The summed E-state index contributed by atoms with van der Waals surface area (Å²) in [7, 11) is 0. The molecule has 3 heterocycles. The first-order valence-electron chi connectivity index (χ1n) is 10.2. The van der Waals surface area contributed by atoms with E-state index in [0.29, 0.717) is 22.7 Å². The van der Waals surface area contributed by atoms with Crippen molar-refractivity contribution in [1.29, 1.82) is 0 Å². The van der Waals surface area contributed by atoms with Gasteiger partial charge in [0.2, 0.25) is 5.95 Å². The first-order valence-corrected chi connectivity index (χ1v) is 11.0. The number of carboxylic acids is 1. The van der Waals surface area contributed by atoms with Crippen molar-refractivity contribution in [2.24, 2.45) is 0 Å². The van der Waals surface area contributed by atoms with Crippen LogP contribution in [0.1, 0.15) is 30.6 Å². The molecule has 1 unspecified atom stereocenters. The molecule has 0 spiro atoms. The molecule has 4 aromatic rings. The number of halogens is 3. The Morgan fingerprint density at radius 2 is 2.00 bits per heavy atom. The van der Waals surface area contributed by atoms with Crippen LogP contribution in [0.5, 0.6) is 0 Å². The van der Waals surface area contributed by atoms with Crippen molar-refractivity contribution < 1.29 is 23.1 Å². The average molecular weight is 488 g/mol. The van der Waals surface area contributed by atoms with Gasteiger partial charge in [-0.25, -0.2) is 19.7 Å². The van der Waals surface area contributed by atoms with Crippen molar-refractivity contribution in [3.8, 4) is 21.0 Å². The van der Waals surface area contributed by atoms with Crippen LogP contribution in [-0.2, 0) is 11.0 Å². The van der Waals surface area contributed by atoms with Gasteiger partial charge < -0.3 is 10.4 Å². The van der Waals surface area contributed by atoms with Gasteiger partial charge in [-0.3, -0.25) is 4.68 Å². The molecule has 0 radical (unpaired) electrons. The fraction of sp³-hybridized carbons (Fsp3) is 0.227. The lowest BCUT2D eigenvalue weighted by Crippen LogP contribution is -2.18. The second-order valence-corrected chi connectivity index (χ2v) is 8.51. The molecule has 0 amide bonds. The minimum absolute atomic E-state index is 0.160. The van der Waals surface area contributed by atoms with Gasteiger partial charge in [0.05, 0.1) is 11.1 Å². The van der Waals surface area contributed by atoms with Crippen LogP contribution >= 0.6 is 11.3 Å². The number of aryl methyl sites for hydroxylation is 1. The largest absolute Gasteiger partial charge is 0.480 e. The van der Waals surface area contributed by atoms with Crippen LogP contribution in [0.4, 0.5) is 24.8 Å². The highest BCUT2D eigenvalue weighted by atomic mass is 32.1. The molecule has 0 bridgehead atoms. The van der Waals surface area contributed by atoms with Gasteiger partial charge in [0.15, 0.2) is 0 Å². The molecule has 176 valence electrons. The van der Waals surface area contributed by atoms with Gasteiger partial charge in [-0.1, -0.05) is 13.0 Å². The van der Waals surface area contributed by atoms with Gasteiger partial charge in [-0.05, 0) is 42.7 Å². The summed E-state index contributed by atoms with van der Waals surface area (Å²) >= 11 is 1.39. The third kappa shape index (κ3) is 5.06. The Morgan fingerprint density at radius 1 is 1.21 bits per heavy atom. The van der Waals surface area contributed by atoms with Gasteiger partial charge in [-0.15, -0.1) is 11.3 Å². The minimum atomic E-state index is -4.56. The van der Waals surface area contributed by atoms with E-state index in [0.717, 1.165) is 28.3 Å². The standard InChI is InChI=1S/C22H19F3N6O2S/c1-3-16(20(32)33)31-11-14(9-28-31)19-27-10-17(34-19)13-6-12(2)7-15(8-13)29-21-26-5-4-18(30-21)22(23,24)25/h4-11,16H,3H2,1-2H3,(H,32,33)(H,26,29,30). The van der Waals surface area contributed by atoms with E-state index in [9.17, 15) is 23.1 Å². The second kappa shape index (κ2) is 9.21. The van der Waals surface area contributed by atoms with Crippen LogP contribution in [0, 0.1) is 6.92 Å². The molecule has 2 N–H and O–H groups in total. The van der Waals surface area contributed by atoms with Crippen LogP contribution in [0.15, 0.2) is 49.1 Å². The van der Waals surface area contributed by atoms with Crippen molar-refractivity contribution in [1.82, 2.24) is 24.7 Å². The fourth-order valence-electron chi connectivity index (χ4n) is 3.34. The Bertz CT molecular complexity index is 1330. The summed E-state index contributed by atoms with van der Waals surface area (Å²) in [6.07, 6.45) is 1.80. The first kappa shape index (κ1) is 23.4. The molecule has 8 nitrogen and oxygen atoms in total. The average Bonchev–Trinajstić information content (AvgIpc) is 3.43. The van der Waals surface area contributed by atoms with E-state index in [1.54, 1.807) is 37.6 Å². The fourth-order valence-corrected chi connectivity index (χ4v) is 4.22. The predicted molar refractivity (Wildman–Crippen MR) is 121 cm³/mol. The molecule has 0 aliphatic carbocycles. The number of rotatable bonds is 7. The highest BCUT2D eigenvalue weighted by Gasteiger charge is 2.32. The number of alkyl halides is 3. The summed E-state index contributed by atoms with van der Waals surface area (Å²) in [5.74, 6) is -1.12. The van der Waals surface area contributed by atoms with Crippen LogP contribution in [-0.4, -0.2) is 35.8 Å². The van der Waals surface area contributed by atoms with Gasteiger partial charge >= 0.3 is 12.1 Å². The normalized spacial score (nSPS) is 12.5. The number of hydrogen-bond donors (Lipinski definition) is 2. The third-order valence-electron chi connectivity index (χ3n) is 4.91. The van der Waals surface area contributed by atoms with E-state index < -0.39 is 23.9 Å². The molecule has 3 aromatic heterocycles. The van der Waals surface area contributed by atoms with Crippen molar-refractivity contribution in [3.63, 3.8) is 0 Å². The van der Waals surface area contributed by atoms with E-state index >= 15 is 0 Å². The van der Waals surface area contributed by atoms with Crippen molar-refractivity contribution in [2.75, 3.05) is 5.32 Å². The van der Waals surface area contributed by atoms with E-state index in [1.165, 1.54) is 16.0 Å². The van der Waals surface area contributed by atoms with E-state index in [-0.39, 0.29) is 5.95 Å². The summed E-state index contributed by atoms with van der Waals surface area (Å²) < 4.78 is 40.2. The quantitative estimate of drug-likeness (QED) is 0.350. The lowest BCUT2D eigenvalue weighted by Gasteiger charge is -2.10. The SMILES string of the molecule is CCC(C(=O)O)n1cc(-c2ncc(-c3cc(C)cc(Nc4nccc(C(F)(F)F)n4)c3)s2)cn1. The molecule has 0 aliphatic heterocycles. The van der Waals surface area contributed by atoms with Crippen LogP contribution < -0.4 is 5.32 Å². The van der Waals surface area contributed by atoms with Crippen LogP contribution in [0.2, 0.25) is 0 Å². The predicted octanol–water partition coefficient (Wildman–Crippen LogP) is 5.57. The summed E-state index contributed by atoms with van der Waals surface area (Å²) in [6.45, 7) is 3.64. The highest BCUT2D eigenvalue weighted by molar-refractivity contribution is 7.18. The van der Waals surface area contributed by atoms with Crippen LogP contribution in [0.3, 0.4) is 0 Å². The Kier molecular flexibility index (Phi) is 6.33. The Balaban J connectivity index is 1.59. The molecular weight excluding hydrogens is 469 g/mol. The van der Waals surface area contributed by atoms with Gasteiger partial charge in [-0.2, -0.15) is 18.3 Å². The van der Waals surface area contributed by atoms with E-state index in [2.05, 4.69) is 25.4 Å². The van der Waals surface area contributed by atoms with E-state index in [4.69, 9.17) is 0 Å². The molecule has 0 saturated carbocycles. The van der Waals surface area contributed by atoms with Gasteiger partial charge in [0, 0.05) is 29.8 Å². The zero-order chi connectivity index (χ0) is 24.5. The molecule has 4 rings (SSSR count). The molecule has 0 fully saturated rings. The molecular formula is C22H19F3N6O2S. The maximum absolute atomic E-state index is 12.9. The van der Waals surface area contributed by atoms with Gasteiger partial charge in [0.1, 0.15) is 16.7 Å². The highest BCUT2D eigenvalue weighted by Crippen LogP contribution is 2.35.